The molecule has 0 bridgehead atoms. The SMILES string of the molecule is COc1cccc(-c2nc(C)c3cncn3n2)c1. The van der Waals surface area contributed by atoms with Crippen LogP contribution >= 0.6 is 0 Å². The van der Waals surface area contributed by atoms with Crippen molar-refractivity contribution in [2.24, 2.45) is 0 Å². The van der Waals surface area contributed by atoms with Crippen molar-refractivity contribution >= 4 is 5.52 Å². The normalized spacial score (nSPS) is 10.8. The highest BCUT2D eigenvalue weighted by molar-refractivity contribution is 5.59. The molecule has 0 aliphatic rings. The van der Waals surface area contributed by atoms with Gasteiger partial charge in [0.1, 0.15) is 17.6 Å². The summed E-state index contributed by atoms with van der Waals surface area (Å²) >= 11 is 0. The summed E-state index contributed by atoms with van der Waals surface area (Å²) < 4.78 is 6.94. The molecule has 90 valence electrons. The maximum Gasteiger partial charge on any atom is 0.180 e. The molecular weight excluding hydrogens is 228 g/mol. The first-order valence-corrected chi connectivity index (χ1v) is 5.59. The van der Waals surface area contributed by atoms with Crippen LogP contribution in [-0.2, 0) is 0 Å². The Morgan fingerprint density at radius 1 is 1.28 bits per heavy atom. The summed E-state index contributed by atoms with van der Waals surface area (Å²) in [7, 11) is 1.64. The van der Waals surface area contributed by atoms with Gasteiger partial charge in [-0.15, -0.1) is 5.10 Å². The zero-order valence-corrected chi connectivity index (χ0v) is 10.2. The van der Waals surface area contributed by atoms with Crippen molar-refractivity contribution in [2.45, 2.75) is 6.92 Å². The Balaban J connectivity index is 2.18. The first-order chi connectivity index (χ1) is 8.78. The average Bonchev–Trinajstić information content (AvgIpc) is 2.87. The number of rotatable bonds is 2. The van der Waals surface area contributed by atoms with Crippen molar-refractivity contribution in [3.8, 4) is 17.1 Å². The highest BCUT2D eigenvalue weighted by Gasteiger charge is 2.07. The van der Waals surface area contributed by atoms with Gasteiger partial charge >= 0.3 is 0 Å². The van der Waals surface area contributed by atoms with Crippen LogP contribution in [0.5, 0.6) is 5.75 Å². The fourth-order valence-electron chi connectivity index (χ4n) is 1.85. The van der Waals surface area contributed by atoms with E-state index in [1.165, 1.54) is 0 Å². The van der Waals surface area contributed by atoms with Crippen LogP contribution in [0.2, 0.25) is 0 Å². The lowest BCUT2D eigenvalue weighted by Gasteiger charge is -2.05. The smallest absolute Gasteiger partial charge is 0.180 e. The van der Waals surface area contributed by atoms with Crippen LogP contribution in [-0.4, -0.2) is 26.7 Å². The van der Waals surface area contributed by atoms with Crippen LogP contribution in [0.3, 0.4) is 0 Å². The van der Waals surface area contributed by atoms with Gasteiger partial charge in [0.2, 0.25) is 0 Å². The summed E-state index contributed by atoms with van der Waals surface area (Å²) in [6, 6.07) is 7.69. The molecule has 1 aromatic carbocycles. The van der Waals surface area contributed by atoms with E-state index in [-0.39, 0.29) is 0 Å². The monoisotopic (exact) mass is 240 g/mol. The summed E-state index contributed by atoms with van der Waals surface area (Å²) in [6.07, 6.45) is 3.43. The standard InChI is InChI=1S/C13H12N4O/c1-9-12-7-14-8-17(12)16-13(15-9)10-4-3-5-11(6-10)18-2/h3-8H,1-2H3. The van der Waals surface area contributed by atoms with Crippen molar-refractivity contribution in [1.82, 2.24) is 19.6 Å². The first kappa shape index (κ1) is 10.7. The molecule has 0 saturated carbocycles. The van der Waals surface area contributed by atoms with Gasteiger partial charge in [-0.1, -0.05) is 12.1 Å². The lowest BCUT2D eigenvalue weighted by atomic mass is 10.2. The molecule has 0 aliphatic carbocycles. The second-order valence-electron chi connectivity index (χ2n) is 3.98. The largest absolute Gasteiger partial charge is 0.497 e. The molecule has 0 spiro atoms. The predicted molar refractivity (Wildman–Crippen MR) is 67.5 cm³/mol. The molecule has 3 aromatic rings. The minimum atomic E-state index is 0.664. The second-order valence-corrected chi connectivity index (χ2v) is 3.98. The molecule has 5 heteroatoms. The van der Waals surface area contributed by atoms with Gasteiger partial charge in [-0.05, 0) is 19.1 Å². The molecular formula is C13H12N4O. The van der Waals surface area contributed by atoms with Crippen LogP contribution in [0, 0.1) is 6.92 Å². The average molecular weight is 240 g/mol. The Kier molecular flexibility index (Phi) is 2.44. The van der Waals surface area contributed by atoms with E-state index >= 15 is 0 Å². The van der Waals surface area contributed by atoms with E-state index in [1.54, 1.807) is 24.1 Å². The van der Waals surface area contributed by atoms with Gasteiger partial charge in [0.25, 0.3) is 0 Å². The first-order valence-electron chi connectivity index (χ1n) is 5.59. The number of fused-ring (bicyclic) bond motifs is 1. The van der Waals surface area contributed by atoms with Gasteiger partial charge in [-0.25, -0.2) is 14.5 Å². The summed E-state index contributed by atoms with van der Waals surface area (Å²) in [5.74, 6) is 1.45. The number of benzene rings is 1. The molecule has 0 N–H and O–H groups in total. The predicted octanol–water partition coefficient (Wildman–Crippen LogP) is 2.11. The Labute approximate surface area is 104 Å². The number of aryl methyl sites for hydroxylation is 1. The molecule has 2 heterocycles. The summed E-state index contributed by atoms with van der Waals surface area (Å²) in [5, 5.41) is 4.43. The second kappa shape index (κ2) is 4.10. The molecule has 0 atom stereocenters. The van der Waals surface area contributed by atoms with E-state index in [0.29, 0.717) is 5.82 Å². The summed E-state index contributed by atoms with van der Waals surface area (Å²) in [6.45, 7) is 1.95. The maximum atomic E-state index is 5.20. The van der Waals surface area contributed by atoms with E-state index in [1.807, 2.05) is 31.2 Å². The number of imidazole rings is 1. The lowest BCUT2D eigenvalue weighted by molar-refractivity contribution is 0.415. The van der Waals surface area contributed by atoms with Crippen LogP contribution in [0.1, 0.15) is 5.69 Å². The van der Waals surface area contributed by atoms with Crippen LogP contribution in [0.25, 0.3) is 16.9 Å². The van der Waals surface area contributed by atoms with E-state index in [2.05, 4.69) is 15.1 Å². The highest BCUT2D eigenvalue weighted by Crippen LogP contribution is 2.21. The number of hydrogen-bond acceptors (Lipinski definition) is 4. The van der Waals surface area contributed by atoms with E-state index in [4.69, 9.17) is 4.74 Å². The van der Waals surface area contributed by atoms with Gasteiger partial charge in [0.05, 0.1) is 19.0 Å². The van der Waals surface area contributed by atoms with Gasteiger partial charge in [0.15, 0.2) is 5.82 Å². The van der Waals surface area contributed by atoms with E-state index in [9.17, 15) is 0 Å². The van der Waals surface area contributed by atoms with Gasteiger partial charge in [0, 0.05) is 5.56 Å². The lowest BCUT2D eigenvalue weighted by Crippen LogP contribution is -1.99. The van der Waals surface area contributed by atoms with Gasteiger partial charge in [-0.2, -0.15) is 0 Å². The Morgan fingerprint density at radius 2 is 2.17 bits per heavy atom. The topological polar surface area (TPSA) is 52.3 Å². The molecule has 18 heavy (non-hydrogen) atoms. The molecule has 0 fully saturated rings. The number of aromatic nitrogens is 4. The third-order valence-corrected chi connectivity index (χ3v) is 2.79. The van der Waals surface area contributed by atoms with Crippen molar-refractivity contribution in [3.63, 3.8) is 0 Å². The Bertz CT molecular complexity index is 705. The van der Waals surface area contributed by atoms with Crippen LogP contribution in [0.4, 0.5) is 0 Å². The molecule has 2 aromatic heterocycles. The quantitative estimate of drug-likeness (QED) is 0.688. The molecule has 0 amide bonds. The Morgan fingerprint density at radius 3 is 3.00 bits per heavy atom. The minimum Gasteiger partial charge on any atom is -0.497 e. The van der Waals surface area contributed by atoms with Crippen molar-refractivity contribution < 1.29 is 4.74 Å². The van der Waals surface area contributed by atoms with E-state index in [0.717, 1.165) is 22.5 Å². The van der Waals surface area contributed by atoms with Crippen LogP contribution < -0.4 is 4.74 Å². The van der Waals surface area contributed by atoms with Crippen molar-refractivity contribution in [1.29, 1.82) is 0 Å². The van der Waals surface area contributed by atoms with Crippen molar-refractivity contribution in [2.75, 3.05) is 7.11 Å². The van der Waals surface area contributed by atoms with Crippen molar-refractivity contribution in [3.05, 3.63) is 42.5 Å². The zero-order valence-electron chi connectivity index (χ0n) is 10.2. The third-order valence-electron chi connectivity index (χ3n) is 2.79. The third kappa shape index (κ3) is 1.69. The zero-order chi connectivity index (χ0) is 12.5. The molecule has 0 saturated heterocycles. The number of methoxy groups -OCH3 is 1. The molecule has 5 nitrogen and oxygen atoms in total. The Hall–Kier alpha value is -2.43. The maximum absolute atomic E-state index is 5.20. The number of hydrogen-bond donors (Lipinski definition) is 0. The fourth-order valence-corrected chi connectivity index (χ4v) is 1.85. The van der Waals surface area contributed by atoms with Gasteiger partial charge in [-0.3, -0.25) is 0 Å². The number of ether oxygens (including phenoxy) is 1. The summed E-state index contributed by atoms with van der Waals surface area (Å²) in [4.78, 5) is 8.56. The molecule has 0 aliphatic heterocycles. The molecule has 0 radical (unpaired) electrons. The highest BCUT2D eigenvalue weighted by atomic mass is 16.5. The van der Waals surface area contributed by atoms with Crippen LogP contribution in [0.15, 0.2) is 36.8 Å². The molecule has 0 unspecified atom stereocenters. The fraction of sp³-hybridized carbons (Fsp3) is 0.154. The number of nitrogens with zero attached hydrogens (tertiary/aromatic N) is 4. The van der Waals surface area contributed by atoms with E-state index < -0.39 is 0 Å². The van der Waals surface area contributed by atoms with Gasteiger partial charge < -0.3 is 4.74 Å². The molecule has 3 rings (SSSR count). The summed E-state index contributed by atoms with van der Waals surface area (Å²) in [5.41, 5.74) is 2.75. The minimum absolute atomic E-state index is 0.664.